The summed E-state index contributed by atoms with van der Waals surface area (Å²) in [6, 6.07) is 2.12. The van der Waals surface area contributed by atoms with Crippen molar-refractivity contribution in [3.63, 3.8) is 0 Å². The Bertz CT molecular complexity index is 577. The van der Waals surface area contributed by atoms with Crippen LogP contribution in [0.15, 0.2) is 18.5 Å². The van der Waals surface area contributed by atoms with Crippen molar-refractivity contribution in [1.82, 2.24) is 9.88 Å². The van der Waals surface area contributed by atoms with Gasteiger partial charge in [0.05, 0.1) is 0 Å². The molecule has 0 radical (unpaired) electrons. The minimum atomic E-state index is 0.245. The van der Waals surface area contributed by atoms with Crippen molar-refractivity contribution in [2.24, 2.45) is 5.41 Å². The van der Waals surface area contributed by atoms with E-state index in [0.717, 1.165) is 45.6 Å². The lowest BCUT2D eigenvalue weighted by Gasteiger charge is -2.49. The lowest BCUT2D eigenvalue weighted by Crippen LogP contribution is -2.54. The number of piperidine rings is 2. The zero-order valence-electron chi connectivity index (χ0n) is 15.0. The number of carbonyl (C=O) groups is 1. The molecule has 0 aliphatic carbocycles. The Morgan fingerprint density at radius 3 is 3.00 bits per heavy atom. The molecule has 132 valence electrons. The molecule has 24 heavy (non-hydrogen) atoms. The third-order valence-corrected chi connectivity index (χ3v) is 5.52. The highest BCUT2D eigenvalue weighted by atomic mass is 16.5. The number of aryl methyl sites for hydroxylation is 1. The van der Waals surface area contributed by atoms with Crippen molar-refractivity contribution in [1.29, 1.82) is 0 Å². The molecule has 2 aliphatic heterocycles. The first kappa shape index (κ1) is 17.2. The minimum Gasteiger partial charge on any atom is -0.385 e. The summed E-state index contributed by atoms with van der Waals surface area (Å²) in [4.78, 5) is 21.1. The number of likely N-dealkylation sites (tertiary alicyclic amines) is 1. The molecule has 1 aromatic rings. The molecule has 1 spiro atoms. The van der Waals surface area contributed by atoms with Gasteiger partial charge in [-0.25, -0.2) is 0 Å². The maximum absolute atomic E-state index is 12.3. The third kappa shape index (κ3) is 3.72. The fraction of sp³-hybridized carbons (Fsp3) is 0.684. The summed E-state index contributed by atoms with van der Waals surface area (Å²) in [5.41, 5.74) is 2.78. The Balaban J connectivity index is 1.70. The molecule has 2 aliphatic rings. The van der Waals surface area contributed by atoms with Crippen molar-refractivity contribution in [2.75, 3.05) is 44.8 Å². The number of pyridine rings is 1. The second-order valence-electron chi connectivity index (χ2n) is 7.35. The molecule has 0 unspecified atom stereocenters. The second kappa shape index (κ2) is 7.51. The molecule has 1 atom stereocenters. The van der Waals surface area contributed by atoms with Crippen molar-refractivity contribution < 1.29 is 9.53 Å². The summed E-state index contributed by atoms with van der Waals surface area (Å²) in [5, 5.41) is 0. The summed E-state index contributed by atoms with van der Waals surface area (Å²) < 4.78 is 5.14. The van der Waals surface area contributed by atoms with E-state index in [1.807, 2.05) is 12.4 Å². The molecular weight excluding hydrogens is 302 g/mol. The second-order valence-corrected chi connectivity index (χ2v) is 7.35. The van der Waals surface area contributed by atoms with E-state index in [-0.39, 0.29) is 5.41 Å². The van der Waals surface area contributed by atoms with Gasteiger partial charge in [0.15, 0.2) is 0 Å². The fourth-order valence-electron chi connectivity index (χ4n) is 4.27. The summed E-state index contributed by atoms with van der Waals surface area (Å²) in [5.74, 6) is 0.314. The summed E-state index contributed by atoms with van der Waals surface area (Å²) in [7, 11) is 1.72. The van der Waals surface area contributed by atoms with Gasteiger partial charge in [0, 0.05) is 69.8 Å². The van der Waals surface area contributed by atoms with Gasteiger partial charge in [0.25, 0.3) is 0 Å². The largest absolute Gasteiger partial charge is 0.385 e. The summed E-state index contributed by atoms with van der Waals surface area (Å²) >= 11 is 0. The Hall–Kier alpha value is -1.62. The van der Waals surface area contributed by atoms with Gasteiger partial charge >= 0.3 is 0 Å². The Morgan fingerprint density at radius 2 is 2.21 bits per heavy atom. The summed E-state index contributed by atoms with van der Waals surface area (Å²) in [6.07, 6.45) is 8.88. The van der Waals surface area contributed by atoms with Crippen LogP contribution in [0.2, 0.25) is 0 Å². The van der Waals surface area contributed by atoms with Crippen molar-refractivity contribution >= 4 is 11.6 Å². The van der Waals surface area contributed by atoms with Gasteiger partial charge in [-0.05, 0) is 44.2 Å². The monoisotopic (exact) mass is 331 g/mol. The number of methoxy groups -OCH3 is 1. The van der Waals surface area contributed by atoms with E-state index in [1.54, 1.807) is 7.11 Å². The van der Waals surface area contributed by atoms with Gasteiger partial charge in [0.1, 0.15) is 0 Å². The fourth-order valence-corrected chi connectivity index (χ4v) is 4.27. The Kier molecular flexibility index (Phi) is 5.39. The van der Waals surface area contributed by atoms with Crippen LogP contribution in [0.1, 0.15) is 37.7 Å². The van der Waals surface area contributed by atoms with Crippen LogP contribution in [-0.4, -0.2) is 55.7 Å². The molecule has 0 bridgehead atoms. The summed E-state index contributed by atoms with van der Waals surface area (Å²) in [6.45, 7) is 6.72. The number of hydrogen-bond acceptors (Lipinski definition) is 4. The van der Waals surface area contributed by atoms with Crippen LogP contribution < -0.4 is 4.90 Å². The van der Waals surface area contributed by atoms with E-state index in [2.05, 4.69) is 27.8 Å². The molecule has 2 fully saturated rings. The van der Waals surface area contributed by atoms with Gasteiger partial charge in [-0.1, -0.05) is 0 Å². The van der Waals surface area contributed by atoms with Crippen molar-refractivity contribution in [3.8, 4) is 0 Å². The molecule has 0 saturated carbocycles. The highest BCUT2D eigenvalue weighted by Crippen LogP contribution is 2.40. The molecule has 3 rings (SSSR count). The average Bonchev–Trinajstić information content (AvgIpc) is 2.59. The number of hydrogen-bond donors (Lipinski definition) is 0. The van der Waals surface area contributed by atoms with E-state index in [0.29, 0.717) is 12.3 Å². The average molecular weight is 331 g/mol. The zero-order chi connectivity index (χ0) is 17.0. The smallest absolute Gasteiger partial charge is 0.222 e. The number of ether oxygens (including phenoxy) is 1. The molecule has 5 heteroatoms. The Labute approximate surface area is 145 Å². The maximum atomic E-state index is 12.3. The van der Waals surface area contributed by atoms with Gasteiger partial charge in [-0.15, -0.1) is 0 Å². The molecular formula is C19H29N3O2. The van der Waals surface area contributed by atoms with Crippen LogP contribution >= 0.6 is 0 Å². The van der Waals surface area contributed by atoms with Gasteiger partial charge in [0.2, 0.25) is 5.91 Å². The zero-order valence-corrected chi connectivity index (χ0v) is 15.0. The lowest BCUT2D eigenvalue weighted by molar-refractivity contribution is -0.138. The highest BCUT2D eigenvalue weighted by molar-refractivity contribution is 5.77. The van der Waals surface area contributed by atoms with Crippen molar-refractivity contribution in [2.45, 2.75) is 39.0 Å². The van der Waals surface area contributed by atoms with E-state index in [1.165, 1.54) is 24.1 Å². The van der Waals surface area contributed by atoms with Crippen molar-refractivity contribution in [3.05, 3.63) is 24.0 Å². The molecule has 1 amide bonds. The number of rotatable bonds is 5. The highest BCUT2D eigenvalue weighted by Gasteiger charge is 2.41. The van der Waals surface area contributed by atoms with Crippen LogP contribution in [0.5, 0.6) is 0 Å². The maximum Gasteiger partial charge on any atom is 0.222 e. The predicted molar refractivity (Wildman–Crippen MR) is 95.2 cm³/mol. The standard InChI is InChI=1S/C19H29N3O2/c1-16-13-20-9-6-17(16)21-10-3-7-19(14-21)8-5-18(23)22(15-19)11-4-12-24-2/h6,9,13H,3-5,7-8,10-12,14-15H2,1-2H3/t19-/m0/s1. The number of anilines is 1. The number of aromatic nitrogens is 1. The van der Waals surface area contributed by atoms with Gasteiger partial charge in [-0.2, -0.15) is 0 Å². The first-order valence-corrected chi connectivity index (χ1v) is 9.06. The minimum absolute atomic E-state index is 0.245. The van der Waals surface area contributed by atoms with E-state index in [9.17, 15) is 4.79 Å². The molecule has 1 aromatic heterocycles. The van der Waals surface area contributed by atoms with Crippen LogP contribution in [0.4, 0.5) is 5.69 Å². The van der Waals surface area contributed by atoms with Gasteiger partial charge < -0.3 is 14.5 Å². The molecule has 0 N–H and O–H groups in total. The van der Waals surface area contributed by atoms with Crippen LogP contribution in [-0.2, 0) is 9.53 Å². The number of carbonyl (C=O) groups excluding carboxylic acids is 1. The van der Waals surface area contributed by atoms with Crippen LogP contribution in [0.25, 0.3) is 0 Å². The quantitative estimate of drug-likeness (QED) is 0.778. The molecule has 2 saturated heterocycles. The normalized spacial score (nSPS) is 24.7. The van der Waals surface area contributed by atoms with Crippen LogP contribution in [0, 0.1) is 12.3 Å². The number of amides is 1. The molecule has 5 nitrogen and oxygen atoms in total. The van der Waals surface area contributed by atoms with E-state index in [4.69, 9.17) is 4.74 Å². The number of nitrogens with zero attached hydrogens (tertiary/aromatic N) is 3. The SMILES string of the molecule is COCCCN1C[C@@]2(CCCN(c3ccncc3C)C2)CCC1=O. The van der Waals surface area contributed by atoms with E-state index < -0.39 is 0 Å². The topological polar surface area (TPSA) is 45.7 Å². The van der Waals surface area contributed by atoms with Gasteiger partial charge in [-0.3, -0.25) is 9.78 Å². The molecule has 0 aromatic carbocycles. The Morgan fingerprint density at radius 1 is 1.33 bits per heavy atom. The first-order chi connectivity index (χ1) is 11.6. The van der Waals surface area contributed by atoms with Crippen LogP contribution in [0.3, 0.4) is 0 Å². The third-order valence-electron chi connectivity index (χ3n) is 5.52. The lowest BCUT2D eigenvalue weighted by atomic mass is 9.73. The predicted octanol–water partition coefficient (Wildman–Crippen LogP) is 2.64. The molecule has 3 heterocycles. The van der Waals surface area contributed by atoms with E-state index >= 15 is 0 Å². The first-order valence-electron chi connectivity index (χ1n) is 9.06.